The van der Waals surface area contributed by atoms with Gasteiger partial charge in [0, 0.05) is 19.0 Å². The molecule has 6 heteroatoms. The van der Waals surface area contributed by atoms with E-state index in [2.05, 4.69) is 9.71 Å². The molecule has 1 aromatic heterocycles. The van der Waals surface area contributed by atoms with Gasteiger partial charge in [-0.05, 0) is 25.0 Å². The Balaban J connectivity index is 2.50. The van der Waals surface area contributed by atoms with Crippen LogP contribution in [0.1, 0.15) is 12.8 Å². The van der Waals surface area contributed by atoms with Crippen molar-refractivity contribution in [1.82, 2.24) is 4.98 Å². The zero-order valence-electron chi connectivity index (χ0n) is 8.26. The summed E-state index contributed by atoms with van der Waals surface area (Å²) >= 11 is 0. The van der Waals surface area contributed by atoms with E-state index in [0.29, 0.717) is 18.5 Å². The zero-order valence-corrected chi connectivity index (χ0v) is 9.07. The Kier molecular flexibility index (Phi) is 4.51. The van der Waals surface area contributed by atoms with Gasteiger partial charge in [0.05, 0.1) is 11.4 Å². The molecule has 0 amide bonds. The maximum atomic E-state index is 11.5. The molecule has 84 valence electrons. The fourth-order valence-electron chi connectivity index (χ4n) is 1.05. The number of aliphatic hydroxyl groups excluding tert-OH is 1. The summed E-state index contributed by atoms with van der Waals surface area (Å²) < 4.78 is 25.4. The number of anilines is 1. The number of sulfonamides is 1. The lowest BCUT2D eigenvalue weighted by molar-refractivity contribution is 0.287. The minimum atomic E-state index is -3.30. The molecule has 0 unspecified atom stereocenters. The molecule has 0 aliphatic rings. The Labute approximate surface area is 89.2 Å². The number of nitrogens with zero attached hydrogens (tertiary/aromatic N) is 1. The highest BCUT2D eigenvalue weighted by atomic mass is 32.2. The van der Waals surface area contributed by atoms with Gasteiger partial charge in [-0.3, -0.25) is 9.71 Å². The van der Waals surface area contributed by atoms with Crippen molar-refractivity contribution in [2.75, 3.05) is 17.1 Å². The molecule has 0 aliphatic heterocycles. The van der Waals surface area contributed by atoms with Gasteiger partial charge in [0.1, 0.15) is 0 Å². The highest BCUT2D eigenvalue weighted by Gasteiger charge is 2.09. The predicted octanol–water partition coefficient (Wildman–Crippen LogP) is 0.596. The van der Waals surface area contributed by atoms with Crippen LogP contribution in [0.5, 0.6) is 0 Å². The highest BCUT2D eigenvalue weighted by Crippen LogP contribution is 2.07. The van der Waals surface area contributed by atoms with Crippen molar-refractivity contribution in [3.63, 3.8) is 0 Å². The lowest BCUT2D eigenvalue weighted by Crippen LogP contribution is -2.16. The zero-order chi connectivity index (χ0) is 11.1. The molecule has 0 fully saturated rings. The van der Waals surface area contributed by atoms with Crippen LogP contribution >= 0.6 is 0 Å². The third-order valence-electron chi connectivity index (χ3n) is 1.77. The van der Waals surface area contributed by atoms with Crippen LogP contribution in [0.3, 0.4) is 0 Å². The van der Waals surface area contributed by atoms with Crippen LogP contribution in [-0.4, -0.2) is 30.9 Å². The Bertz CT molecular complexity index is 378. The van der Waals surface area contributed by atoms with E-state index in [1.807, 2.05) is 0 Å². The van der Waals surface area contributed by atoms with Gasteiger partial charge in [-0.25, -0.2) is 8.42 Å². The molecule has 0 atom stereocenters. The van der Waals surface area contributed by atoms with Crippen molar-refractivity contribution in [3.05, 3.63) is 24.5 Å². The lowest BCUT2D eigenvalue weighted by Gasteiger charge is -2.06. The Hall–Kier alpha value is -1.14. The molecule has 5 nitrogen and oxygen atoms in total. The van der Waals surface area contributed by atoms with Crippen LogP contribution in [0.4, 0.5) is 5.69 Å². The smallest absolute Gasteiger partial charge is 0.232 e. The van der Waals surface area contributed by atoms with Crippen molar-refractivity contribution in [3.8, 4) is 0 Å². The second-order valence-corrected chi connectivity index (χ2v) is 4.93. The topological polar surface area (TPSA) is 79.3 Å². The van der Waals surface area contributed by atoms with Crippen LogP contribution in [-0.2, 0) is 10.0 Å². The van der Waals surface area contributed by atoms with E-state index >= 15 is 0 Å². The van der Waals surface area contributed by atoms with E-state index in [9.17, 15) is 8.42 Å². The number of nitrogens with one attached hydrogen (secondary N) is 1. The first-order valence-electron chi connectivity index (χ1n) is 4.65. The van der Waals surface area contributed by atoms with E-state index in [1.54, 1.807) is 12.1 Å². The van der Waals surface area contributed by atoms with Gasteiger partial charge in [-0.2, -0.15) is 0 Å². The molecule has 15 heavy (non-hydrogen) atoms. The average molecular weight is 230 g/mol. The van der Waals surface area contributed by atoms with Crippen LogP contribution < -0.4 is 4.72 Å². The number of pyridine rings is 1. The van der Waals surface area contributed by atoms with Gasteiger partial charge >= 0.3 is 0 Å². The molecule has 0 bridgehead atoms. The van der Waals surface area contributed by atoms with Gasteiger partial charge in [0.2, 0.25) is 10.0 Å². The van der Waals surface area contributed by atoms with E-state index in [4.69, 9.17) is 5.11 Å². The molecule has 0 radical (unpaired) electrons. The Morgan fingerprint density at radius 1 is 1.27 bits per heavy atom. The summed E-state index contributed by atoms with van der Waals surface area (Å²) in [5.74, 6) is 0.0237. The molecule has 1 rings (SSSR count). The molecular weight excluding hydrogens is 216 g/mol. The summed E-state index contributed by atoms with van der Waals surface area (Å²) in [7, 11) is -3.30. The Morgan fingerprint density at radius 3 is 2.53 bits per heavy atom. The summed E-state index contributed by atoms with van der Waals surface area (Å²) in [6.07, 6.45) is 3.99. The molecule has 0 aromatic carbocycles. The Morgan fingerprint density at radius 2 is 1.93 bits per heavy atom. The first-order chi connectivity index (χ1) is 7.14. The van der Waals surface area contributed by atoms with Gasteiger partial charge in [-0.1, -0.05) is 0 Å². The average Bonchev–Trinajstić information content (AvgIpc) is 2.18. The van der Waals surface area contributed by atoms with Crippen molar-refractivity contribution >= 4 is 15.7 Å². The minimum absolute atomic E-state index is 0.0186. The summed E-state index contributed by atoms with van der Waals surface area (Å²) in [6.45, 7) is 0.0186. The minimum Gasteiger partial charge on any atom is -0.396 e. The van der Waals surface area contributed by atoms with E-state index < -0.39 is 10.0 Å². The molecule has 0 saturated carbocycles. The summed E-state index contributed by atoms with van der Waals surface area (Å²) in [5.41, 5.74) is 0.508. The number of hydrogen-bond donors (Lipinski definition) is 2. The highest BCUT2D eigenvalue weighted by molar-refractivity contribution is 7.92. The normalized spacial score (nSPS) is 11.3. The van der Waals surface area contributed by atoms with Crippen molar-refractivity contribution in [2.24, 2.45) is 0 Å². The number of hydrogen-bond acceptors (Lipinski definition) is 4. The second-order valence-electron chi connectivity index (χ2n) is 3.09. The molecular formula is C9H14N2O3S. The maximum Gasteiger partial charge on any atom is 0.232 e. The van der Waals surface area contributed by atoms with Gasteiger partial charge in [-0.15, -0.1) is 0 Å². The summed E-state index contributed by atoms with van der Waals surface area (Å²) in [5, 5.41) is 8.53. The summed E-state index contributed by atoms with van der Waals surface area (Å²) in [4.78, 5) is 3.78. The standard InChI is InChI=1S/C9H14N2O3S/c12-7-1-2-8-15(13,14)11-9-3-5-10-6-4-9/h3-6,12H,1-2,7-8H2,(H,10,11). The molecule has 1 aromatic rings. The van der Waals surface area contributed by atoms with Gasteiger partial charge in [0.25, 0.3) is 0 Å². The van der Waals surface area contributed by atoms with Crippen LogP contribution in [0, 0.1) is 0 Å². The van der Waals surface area contributed by atoms with Crippen molar-refractivity contribution in [2.45, 2.75) is 12.8 Å². The van der Waals surface area contributed by atoms with E-state index in [0.717, 1.165) is 0 Å². The quantitative estimate of drug-likeness (QED) is 0.701. The predicted molar refractivity (Wildman–Crippen MR) is 58.0 cm³/mol. The molecule has 0 spiro atoms. The van der Waals surface area contributed by atoms with Gasteiger partial charge in [0.15, 0.2) is 0 Å². The van der Waals surface area contributed by atoms with E-state index in [1.165, 1.54) is 12.4 Å². The SMILES string of the molecule is O=S(=O)(CCCCO)Nc1ccncc1. The monoisotopic (exact) mass is 230 g/mol. The lowest BCUT2D eigenvalue weighted by atomic mass is 10.4. The second kappa shape index (κ2) is 5.67. The fraction of sp³-hybridized carbons (Fsp3) is 0.444. The number of rotatable bonds is 6. The molecule has 2 N–H and O–H groups in total. The van der Waals surface area contributed by atoms with Crippen LogP contribution in [0.15, 0.2) is 24.5 Å². The first kappa shape index (κ1) is 11.9. The molecule has 1 heterocycles. The van der Waals surface area contributed by atoms with Gasteiger partial charge < -0.3 is 5.11 Å². The molecule has 0 saturated heterocycles. The third-order valence-corrected chi connectivity index (χ3v) is 3.15. The number of unbranched alkanes of at least 4 members (excludes halogenated alkanes) is 1. The number of aliphatic hydroxyl groups is 1. The maximum absolute atomic E-state index is 11.5. The fourth-order valence-corrected chi connectivity index (χ4v) is 2.24. The molecule has 0 aliphatic carbocycles. The third kappa shape index (κ3) is 4.75. The van der Waals surface area contributed by atoms with Crippen molar-refractivity contribution < 1.29 is 13.5 Å². The van der Waals surface area contributed by atoms with Crippen LogP contribution in [0.25, 0.3) is 0 Å². The summed E-state index contributed by atoms with van der Waals surface area (Å²) in [6, 6.07) is 3.17. The van der Waals surface area contributed by atoms with Crippen molar-refractivity contribution in [1.29, 1.82) is 0 Å². The first-order valence-corrected chi connectivity index (χ1v) is 6.31. The largest absolute Gasteiger partial charge is 0.396 e. The van der Waals surface area contributed by atoms with E-state index in [-0.39, 0.29) is 12.4 Å². The van der Waals surface area contributed by atoms with Crippen LogP contribution in [0.2, 0.25) is 0 Å². The number of aromatic nitrogens is 1.